The molecule has 0 spiro atoms. The van der Waals surface area contributed by atoms with Crippen LogP contribution in [0, 0.1) is 5.92 Å². The average molecular weight is 282 g/mol. The summed E-state index contributed by atoms with van der Waals surface area (Å²) in [7, 11) is 0. The molecule has 0 heterocycles. The Morgan fingerprint density at radius 2 is 1.70 bits per heavy atom. The highest BCUT2D eigenvalue weighted by Gasteiger charge is 2.18. The summed E-state index contributed by atoms with van der Waals surface area (Å²) in [6.45, 7) is 2.19. The van der Waals surface area contributed by atoms with Gasteiger partial charge < -0.3 is 10.2 Å². The maximum Gasteiger partial charge on any atom is 0.307 e. The van der Waals surface area contributed by atoms with Crippen LogP contribution in [0.15, 0.2) is 24.3 Å². The second-order valence-corrected chi connectivity index (χ2v) is 4.90. The van der Waals surface area contributed by atoms with Gasteiger partial charge in [0.05, 0.1) is 12.3 Å². The first-order chi connectivity index (χ1) is 9.57. The molecule has 0 aliphatic rings. The van der Waals surface area contributed by atoms with Crippen molar-refractivity contribution in [3.8, 4) is 0 Å². The zero-order valence-electron chi connectivity index (χ0n) is 12.3. The van der Waals surface area contributed by atoms with E-state index in [4.69, 9.17) is 10.2 Å². The van der Waals surface area contributed by atoms with E-state index in [0.29, 0.717) is 0 Å². The number of hydrogen-bond acceptors (Lipinski definition) is 2. The number of carboxylic acid groups (broad SMARTS) is 2. The fourth-order valence-electron chi connectivity index (χ4n) is 1.82. The Kier molecular flexibility index (Phi) is 11.5. The number of hydrogen-bond donors (Lipinski definition) is 2. The second kappa shape index (κ2) is 12.5. The fraction of sp³-hybridized carbons (Fsp3) is 0.625. The van der Waals surface area contributed by atoms with E-state index in [1.165, 1.54) is 25.7 Å². The molecule has 4 nitrogen and oxygen atoms in total. The normalized spacial score (nSPS) is 13.1. The second-order valence-electron chi connectivity index (χ2n) is 4.90. The van der Waals surface area contributed by atoms with E-state index in [0.717, 1.165) is 12.8 Å². The molecule has 0 rings (SSSR count). The number of allylic oxidation sites excluding steroid dienone is 4. The van der Waals surface area contributed by atoms with Gasteiger partial charge in [-0.1, -0.05) is 50.5 Å². The Hall–Kier alpha value is -1.58. The summed E-state index contributed by atoms with van der Waals surface area (Å²) in [6.07, 6.45) is 14.7. The molecule has 114 valence electrons. The van der Waals surface area contributed by atoms with Gasteiger partial charge in [-0.25, -0.2) is 0 Å². The predicted octanol–water partition coefficient (Wildman–Crippen LogP) is 4.02. The van der Waals surface area contributed by atoms with Crippen molar-refractivity contribution in [2.45, 2.75) is 58.3 Å². The van der Waals surface area contributed by atoms with Crippen molar-refractivity contribution in [2.24, 2.45) is 5.92 Å². The summed E-state index contributed by atoms with van der Waals surface area (Å²) in [5.74, 6) is -2.96. The lowest BCUT2D eigenvalue weighted by atomic mass is 10.0. The van der Waals surface area contributed by atoms with Crippen molar-refractivity contribution in [1.29, 1.82) is 0 Å². The summed E-state index contributed by atoms with van der Waals surface area (Å²) in [6, 6.07) is 0. The maximum atomic E-state index is 10.8. The molecule has 1 unspecified atom stereocenters. The summed E-state index contributed by atoms with van der Waals surface area (Å²) in [4.78, 5) is 21.3. The van der Waals surface area contributed by atoms with E-state index < -0.39 is 17.9 Å². The highest BCUT2D eigenvalue weighted by molar-refractivity contribution is 5.77. The summed E-state index contributed by atoms with van der Waals surface area (Å²) < 4.78 is 0. The molecule has 0 aliphatic carbocycles. The van der Waals surface area contributed by atoms with Crippen molar-refractivity contribution in [1.82, 2.24) is 0 Å². The SMILES string of the molecule is CCCCCC/C=C/C/C=C/CC(CC(=O)O)C(=O)O. The monoisotopic (exact) mass is 282 g/mol. The Labute approximate surface area is 121 Å². The van der Waals surface area contributed by atoms with E-state index in [1.54, 1.807) is 6.08 Å². The lowest BCUT2D eigenvalue weighted by molar-refractivity contribution is -0.148. The Morgan fingerprint density at radius 3 is 2.30 bits per heavy atom. The topological polar surface area (TPSA) is 74.6 Å². The lowest BCUT2D eigenvalue weighted by Crippen LogP contribution is -2.16. The van der Waals surface area contributed by atoms with E-state index in [1.807, 2.05) is 6.08 Å². The van der Waals surface area contributed by atoms with Crippen LogP contribution in [-0.4, -0.2) is 22.2 Å². The molecule has 4 heteroatoms. The van der Waals surface area contributed by atoms with Gasteiger partial charge in [-0.05, 0) is 25.7 Å². The summed E-state index contributed by atoms with van der Waals surface area (Å²) >= 11 is 0. The quantitative estimate of drug-likeness (QED) is 0.418. The van der Waals surface area contributed by atoms with Crippen molar-refractivity contribution in [3.63, 3.8) is 0 Å². The highest BCUT2D eigenvalue weighted by Crippen LogP contribution is 2.10. The number of aliphatic carboxylic acids is 2. The fourth-order valence-corrected chi connectivity index (χ4v) is 1.82. The van der Waals surface area contributed by atoms with Gasteiger partial charge in [0.2, 0.25) is 0 Å². The molecular weight excluding hydrogens is 256 g/mol. The first-order valence-corrected chi connectivity index (χ1v) is 7.32. The third-order valence-electron chi connectivity index (χ3n) is 3.02. The Morgan fingerprint density at radius 1 is 1.00 bits per heavy atom. The molecule has 0 saturated carbocycles. The minimum Gasteiger partial charge on any atom is -0.481 e. The van der Waals surface area contributed by atoms with Crippen LogP contribution in [-0.2, 0) is 9.59 Å². The summed E-state index contributed by atoms with van der Waals surface area (Å²) in [5, 5.41) is 17.4. The van der Waals surface area contributed by atoms with Gasteiger partial charge in [-0.2, -0.15) is 0 Å². The third-order valence-corrected chi connectivity index (χ3v) is 3.02. The van der Waals surface area contributed by atoms with Crippen LogP contribution in [0.5, 0.6) is 0 Å². The molecule has 1 atom stereocenters. The van der Waals surface area contributed by atoms with Crippen LogP contribution < -0.4 is 0 Å². The predicted molar refractivity (Wildman–Crippen MR) is 79.7 cm³/mol. The van der Waals surface area contributed by atoms with Crippen molar-refractivity contribution < 1.29 is 19.8 Å². The molecule has 0 aromatic heterocycles. The lowest BCUT2D eigenvalue weighted by Gasteiger charge is -2.05. The first-order valence-electron chi connectivity index (χ1n) is 7.32. The molecule has 0 aliphatic heterocycles. The smallest absolute Gasteiger partial charge is 0.307 e. The van der Waals surface area contributed by atoms with Gasteiger partial charge >= 0.3 is 11.9 Å². The standard InChI is InChI=1S/C16H26O4/c1-2-3-4-5-6-7-8-9-10-11-12-14(16(19)20)13-15(17)18/h7-8,10-11,14H,2-6,9,12-13H2,1H3,(H,17,18)(H,19,20)/b8-7+,11-10+. The zero-order chi connectivity index (χ0) is 15.2. The highest BCUT2D eigenvalue weighted by atomic mass is 16.4. The van der Waals surface area contributed by atoms with E-state index >= 15 is 0 Å². The summed E-state index contributed by atoms with van der Waals surface area (Å²) in [5.41, 5.74) is 0. The van der Waals surface area contributed by atoms with Gasteiger partial charge in [0.25, 0.3) is 0 Å². The number of carboxylic acids is 2. The average Bonchev–Trinajstić information content (AvgIpc) is 2.39. The third kappa shape index (κ3) is 11.5. The Balaban J connectivity index is 3.75. The molecule has 0 fully saturated rings. The molecule has 0 saturated heterocycles. The molecule has 20 heavy (non-hydrogen) atoms. The van der Waals surface area contributed by atoms with Gasteiger partial charge in [0.1, 0.15) is 0 Å². The van der Waals surface area contributed by atoms with E-state index in [2.05, 4.69) is 19.1 Å². The molecule has 0 aromatic rings. The number of unbranched alkanes of at least 4 members (excludes halogenated alkanes) is 4. The molecular formula is C16H26O4. The van der Waals surface area contributed by atoms with Crippen LogP contribution in [0.1, 0.15) is 58.3 Å². The van der Waals surface area contributed by atoms with E-state index in [9.17, 15) is 9.59 Å². The maximum absolute atomic E-state index is 10.8. The minimum atomic E-state index is -1.07. The van der Waals surface area contributed by atoms with Crippen molar-refractivity contribution in [2.75, 3.05) is 0 Å². The first kappa shape index (κ1) is 18.4. The van der Waals surface area contributed by atoms with Crippen LogP contribution in [0.25, 0.3) is 0 Å². The molecule has 0 amide bonds. The molecule has 0 radical (unpaired) electrons. The van der Waals surface area contributed by atoms with Gasteiger partial charge in [0.15, 0.2) is 0 Å². The van der Waals surface area contributed by atoms with Crippen molar-refractivity contribution in [3.05, 3.63) is 24.3 Å². The zero-order valence-corrected chi connectivity index (χ0v) is 12.3. The Bertz CT molecular complexity index is 331. The van der Waals surface area contributed by atoms with E-state index in [-0.39, 0.29) is 12.8 Å². The van der Waals surface area contributed by atoms with Crippen molar-refractivity contribution >= 4 is 11.9 Å². The molecule has 0 aromatic carbocycles. The van der Waals surface area contributed by atoms with Gasteiger partial charge in [-0.15, -0.1) is 0 Å². The number of carbonyl (C=O) groups is 2. The van der Waals surface area contributed by atoms with Gasteiger partial charge in [-0.3, -0.25) is 9.59 Å². The van der Waals surface area contributed by atoms with Gasteiger partial charge in [0, 0.05) is 0 Å². The van der Waals surface area contributed by atoms with Crippen LogP contribution in [0.4, 0.5) is 0 Å². The minimum absolute atomic E-state index is 0.270. The molecule has 2 N–H and O–H groups in total. The van der Waals surface area contributed by atoms with Crippen LogP contribution in [0.2, 0.25) is 0 Å². The van der Waals surface area contributed by atoms with Crippen LogP contribution >= 0.6 is 0 Å². The number of rotatable bonds is 12. The molecule has 0 bridgehead atoms. The largest absolute Gasteiger partial charge is 0.481 e. The van der Waals surface area contributed by atoms with Crippen LogP contribution in [0.3, 0.4) is 0 Å².